The molecule has 8 heteroatoms. The average molecular weight is 424 g/mol. The van der Waals surface area contributed by atoms with E-state index in [9.17, 15) is 4.79 Å². The van der Waals surface area contributed by atoms with Crippen molar-refractivity contribution in [3.05, 3.63) is 57.6 Å². The molecule has 1 aromatic carbocycles. The molecule has 1 aliphatic carbocycles. The van der Waals surface area contributed by atoms with Crippen molar-refractivity contribution in [2.45, 2.75) is 44.8 Å². The maximum absolute atomic E-state index is 13.2. The Labute approximate surface area is 178 Å². The fourth-order valence-corrected chi connectivity index (χ4v) is 4.53. The molecule has 1 aliphatic rings. The number of fused-ring (bicyclic) bond motifs is 3. The molecule has 0 saturated heterocycles. The van der Waals surface area contributed by atoms with E-state index in [0.717, 1.165) is 42.5 Å². The minimum absolute atomic E-state index is 0.106. The Bertz CT molecular complexity index is 1270. The normalized spacial score (nSPS) is 15.3. The van der Waals surface area contributed by atoms with Gasteiger partial charge in [-0.3, -0.25) is 4.79 Å². The lowest BCUT2D eigenvalue weighted by atomic mass is 9.95. The highest BCUT2D eigenvalue weighted by atomic mass is 35.5. The van der Waals surface area contributed by atoms with Crippen LogP contribution in [-0.2, 0) is 11.3 Å². The van der Waals surface area contributed by atoms with Crippen LogP contribution in [0.1, 0.15) is 43.8 Å². The van der Waals surface area contributed by atoms with Gasteiger partial charge in [0.05, 0.1) is 17.9 Å². The number of nitrogens with zero attached hydrogens (tertiary/aromatic N) is 5. The van der Waals surface area contributed by atoms with Crippen LogP contribution in [0.25, 0.3) is 27.8 Å². The SMILES string of the molecule is COCc1nn2c(nnc3c(=O)n(C4CCCCC4)ccc32)c1-c1ccc(Cl)cc1. The highest BCUT2D eigenvalue weighted by Crippen LogP contribution is 2.31. The first kappa shape index (κ1) is 19.2. The highest BCUT2D eigenvalue weighted by molar-refractivity contribution is 6.30. The molecule has 154 valence electrons. The Balaban J connectivity index is 1.72. The van der Waals surface area contributed by atoms with Crippen molar-refractivity contribution in [2.24, 2.45) is 0 Å². The lowest BCUT2D eigenvalue weighted by Gasteiger charge is -2.23. The summed E-state index contributed by atoms with van der Waals surface area (Å²) in [5.41, 5.74) is 3.96. The zero-order valence-corrected chi connectivity index (χ0v) is 17.5. The molecule has 4 aromatic rings. The van der Waals surface area contributed by atoms with E-state index in [1.165, 1.54) is 6.42 Å². The van der Waals surface area contributed by atoms with Crippen molar-refractivity contribution >= 4 is 28.3 Å². The van der Waals surface area contributed by atoms with Gasteiger partial charge in [-0.05, 0) is 36.6 Å². The monoisotopic (exact) mass is 423 g/mol. The molecule has 0 bridgehead atoms. The molecule has 0 N–H and O–H groups in total. The first-order valence-corrected chi connectivity index (χ1v) is 10.6. The summed E-state index contributed by atoms with van der Waals surface area (Å²) in [7, 11) is 1.63. The van der Waals surface area contributed by atoms with E-state index >= 15 is 0 Å². The van der Waals surface area contributed by atoms with Gasteiger partial charge in [0.1, 0.15) is 5.52 Å². The van der Waals surface area contributed by atoms with Crippen molar-refractivity contribution in [1.82, 2.24) is 24.4 Å². The number of benzene rings is 1. The van der Waals surface area contributed by atoms with Gasteiger partial charge in [0, 0.05) is 24.4 Å². The van der Waals surface area contributed by atoms with Gasteiger partial charge >= 0.3 is 0 Å². The molecule has 0 radical (unpaired) electrons. The molecular formula is C22H22ClN5O2. The van der Waals surface area contributed by atoms with Crippen LogP contribution in [0.5, 0.6) is 0 Å². The van der Waals surface area contributed by atoms with E-state index in [1.54, 1.807) is 11.6 Å². The van der Waals surface area contributed by atoms with Crippen molar-refractivity contribution in [2.75, 3.05) is 7.11 Å². The Kier molecular flexibility index (Phi) is 5.00. The molecule has 0 amide bonds. The maximum atomic E-state index is 13.2. The zero-order valence-electron chi connectivity index (χ0n) is 16.7. The number of methoxy groups -OCH3 is 1. The van der Waals surface area contributed by atoms with Gasteiger partial charge in [-0.25, -0.2) is 4.52 Å². The molecule has 7 nitrogen and oxygen atoms in total. The third-order valence-corrected chi connectivity index (χ3v) is 6.11. The van der Waals surface area contributed by atoms with Crippen LogP contribution in [0.2, 0.25) is 5.02 Å². The minimum Gasteiger partial charge on any atom is -0.378 e. The number of hydrogen-bond acceptors (Lipinski definition) is 5. The van der Waals surface area contributed by atoms with Crippen molar-refractivity contribution < 1.29 is 4.74 Å². The van der Waals surface area contributed by atoms with E-state index in [-0.39, 0.29) is 11.6 Å². The molecule has 1 saturated carbocycles. The lowest BCUT2D eigenvalue weighted by Crippen LogP contribution is -2.27. The molecule has 3 heterocycles. The molecule has 0 atom stereocenters. The summed E-state index contributed by atoms with van der Waals surface area (Å²) >= 11 is 6.06. The molecular weight excluding hydrogens is 402 g/mol. The molecule has 30 heavy (non-hydrogen) atoms. The summed E-state index contributed by atoms with van der Waals surface area (Å²) in [5.74, 6) is 0. The van der Waals surface area contributed by atoms with Gasteiger partial charge in [-0.15, -0.1) is 10.2 Å². The second-order valence-corrected chi connectivity index (χ2v) is 8.19. The Morgan fingerprint density at radius 1 is 1.10 bits per heavy atom. The number of hydrogen-bond donors (Lipinski definition) is 0. The van der Waals surface area contributed by atoms with Gasteiger partial charge in [-0.1, -0.05) is 43.0 Å². The highest BCUT2D eigenvalue weighted by Gasteiger charge is 2.22. The van der Waals surface area contributed by atoms with Crippen LogP contribution < -0.4 is 5.56 Å². The van der Waals surface area contributed by atoms with Crippen molar-refractivity contribution in [3.63, 3.8) is 0 Å². The molecule has 1 fully saturated rings. The molecule has 3 aromatic heterocycles. The van der Waals surface area contributed by atoms with E-state index < -0.39 is 0 Å². The average Bonchev–Trinajstić information content (AvgIpc) is 3.14. The standard InChI is InChI=1S/C22H22ClN5O2/c1-30-13-17-19(14-7-9-15(23)10-8-14)21-25-24-20-18(28(21)26-17)11-12-27(22(20)29)16-5-3-2-4-6-16/h7-12,16H,2-6,13H2,1H3. The number of pyridine rings is 1. The van der Waals surface area contributed by atoms with Crippen LogP contribution >= 0.6 is 11.6 Å². The third kappa shape index (κ3) is 3.18. The predicted octanol–water partition coefficient (Wildman–Crippen LogP) is 4.41. The first-order chi connectivity index (χ1) is 14.7. The second kappa shape index (κ2) is 7.81. The van der Waals surface area contributed by atoms with Gasteiger partial charge in [0.15, 0.2) is 11.2 Å². The molecule has 0 unspecified atom stereocenters. The number of ether oxygens (including phenoxy) is 1. The molecule has 0 spiro atoms. The zero-order chi connectivity index (χ0) is 20.7. The van der Waals surface area contributed by atoms with Crippen LogP contribution in [0, 0.1) is 0 Å². The Morgan fingerprint density at radius 2 is 1.87 bits per heavy atom. The smallest absolute Gasteiger partial charge is 0.280 e. The van der Waals surface area contributed by atoms with Crippen LogP contribution in [0.3, 0.4) is 0 Å². The van der Waals surface area contributed by atoms with E-state index in [2.05, 4.69) is 10.2 Å². The van der Waals surface area contributed by atoms with Gasteiger partial charge in [-0.2, -0.15) is 5.10 Å². The Hall–Kier alpha value is -2.77. The summed E-state index contributed by atoms with van der Waals surface area (Å²) < 4.78 is 8.88. The summed E-state index contributed by atoms with van der Waals surface area (Å²) in [6, 6.07) is 9.65. The first-order valence-electron chi connectivity index (χ1n) is 10.2. The van der Waals surface area contributed by atoms with Crippen molar-refractivity contribution in [1.29, 1.82) is 0 Å². The van der Waals surface area contributed by atoms with E-state index in [4.69, 9.17) is 21.4 Å². The second-order valence-electron chi connectivity index (χ2n) is 7.75. The quantitative estimate of drug-likeness (QED) is 0.486. The van der Waals surface area contributed by atoms with Crippen LogP contribution in [0.4, 0.5) is 0 Å². The molecule has 5 rings (SSSR count). The summed E-state index contributed by atoms with van der Waals surface area (Å²) in [4.78, 5) is 13.2. The molecule has 0 aliphatic heterocycles. The largest absolute Gasteiger partial charge is 0.378 e. The van der Waals surface area contributed by atoms with Gasteiger partial charge in [0.2, 0.25) is 0 Å². The van der Waals surface area contributed by atoms with Crippen LogP contribution in [0.15, 0.2) is 41.3 Å². The maximum Gasteiger partial charge on any atom is 0.280 e. The number of aromatic nitrogens is 5. The number of halogens is 1. The fraction of sp³-hybridized carbons (Fsp3) is 0.364. The van der Waals surface area contributed by atoms with Crippen LogP contribution in [-0.4, -0.2) is 31.5 Å². The van der Waals surface area contributed by atoms with Gasteiger partial charge < -0.3 is 9.30 Å². The minimum atomic E-state index is -0.106. The van der Waals surface area contributed by atoms with E-state index in [1.807, 2.05) is 41.1 Å². The third-order valence-electron chi connectivity index (χ3n) is 5.86. The summed E-state index contributed by atoms with van der Waals surface area (Å²) in [5, 5.41) is 14.1. The fourth-order valence-electron chi connectivity index (χ4n) is 4.40. The summed E-state index contributed by atoms with van der Waals surface area (Å²) in [6.45, 7) is 0.321. The predicted molar refractivity (Wildman–Crippen MR) is 116 cm³/mol. The Morgan fingerprint density at radius 3 is 2.60 bits per heavy atom. The topological polar surface area (TPSA) is 74.3 Å². The van der Waals surface area contributed by atoms with Crippen molar-refractivity contribution in [3.8, 4) is 11.1 Å². The lowest BCUT2D eigenvalue weighted by molar-refractivity contribution is 0.181. The number of rotatable bonds is 4. The van der Waals surface area contributed by atoms with E-state index in [0.29, 0.717) is 28.3 Å². The summed E-state index contributed by atoms with van der Waals surface area (Å²) in [6.07, 6.45) is 7.49. The van der Waals surface area contributed by atoms with Gasteiger partial charge in [0.25, 0.3) is 5.56 Å².